The minimum Gasteiger partial charge on any atom is -0.459 e. The number of carbonyl (C=O) groups is 1. The van der Waals surface area contributed by atoms with Gasteiger partial charge in [-0.1, -0.05) is 12.1 Å². The van der Waals surface area contributed by atoms with Gasteiger partial charge in [-0.2, -0.15) is 5.26 Å². The molecule has 2 aromatic rings. The Labute approximate surface area is 152 Å². The maximum atomic E-state index is 12.8. The van der Waals surface area contributed by atoms with E-state index in [2.05, 4.69) is 11.0 Å². The molecule has 2 aliphatic heterocycles. The van der Waals surface area contributed by atoms with Crippen LogP contribution in [0, 0.1) is 11.3 Å². The first kappa shape index (κ1) is 16.8. The molecule has 6 nitrogen and oxygen atoms in total. The van der Waals surface area contributed by atoms with Crippen LogP contribution >= 0.6 is 0 Å². The summed E-state index contributed by atoms with van der Waals surface area (Å²) in [5.74, 6) is 0.311. The summed E-state index contributed by atoms with van der Waals surface area (Å²) in [6, 6.07) is 13.3. The lowest BCUT2D eigenvalue weighted by molar-refractivity contribution is -0.0919. The normalized spacial score (nSPS) is 23.3. The zero-order chi connectivity index (χ0) is 17.9. The summed E-state index contributed by atoms with van der Waals surface area (Å²) in [5, 5.41) is 9.08. The summed E-state index contributed by atoms with van der Waals surface area (Å²) in [6.45, 7) is 3.59. The van der Waals surface area contributed by atoms with Crippen molar-refractivity contribution in [3.8, 4) is 6.07 Å². The van der Waals surface area contributed by atoms with E-state index >= 15 is 0 Å². The topological polar surface area (TPSA) is 69.7 Å². The molecule has 26 heavy (non-hydrogen) atoms. The highest BCUT2D eigenvalue weighted by atomic mass is 16.5. The van der Waals surface area contributed by atoms with Crippen LogP contribution in [0.4, 0.5) is 0 Å². The van der Waals surface area contributed by atoms with Crippen LogP contribution in [0.1, 0.15) is 28.1 Å². The van der Waals surface area contributed by atoms with Crippen molar-refractivity contribution >= 4 is 5.91 Å². The van der Waals surface area contributed by atoms with E-state index in [0.29, 0.717) is 24.5 Å². The van der Waals surface area contributed by atoms with Crippen LogP contribution in [0.15, 0.2) is 47.1 Å². The fourth-order valence-corrected chi connectivity index (χ4v) is 3.87. The molecule has 1 aromatic heterocycles. The summed E-state index contributed by atoms with van der Waals surface area (Å²) in [7, 11) is 0. The molecule has 134 valence electrons. The number of ether oxygens (including phenoxy) is 1. The Morgan fingerprint density at radius 1 is 1.27 bits per heavy atom. The minimum atomic E-state index is -0.0679. The molecule has 0 saturated carbocycles. The second-order valence-electron chi connectivity index (χ2n) is 6.79. The van der Waals surface area contributed by atoms with Gasteiger partial charge in [-0.05, 0) is 36.2 Å². The van der Waals surface area contributed by atoms with Crippen molar-refractivity contribution in [3.63, 3.8) is 0 Å². The van der Waals surface area contributed by atoms with Crippen LogP contribution in [0.3, 0.4) is 0 Å². The Morgan fingerprint density at radius 3 is 3.00 bits per heavy atom. The van der Waals surface area contributed by atoms with Crippen molar-refractivity contribution in [1.29, 1.82) is 5.26 Å². The zero-order valence-electron chi connectivity index (χ0n) is 14.5. The smallest absolute Gasteiger partial charge is 0.290 e. The summed E-state index contributed by atoms with van der Waals surface area (Å²) in [5.41, 5.74) is 1.79. The molecule has 3 heterocycles. The number of hydrogen-bond acceptors (Lipinski definition) is 5. The van der Waals surface area contributed by atoms with E-state index in [4.69, 9.17) is 14.4 Å². The molecule has 2 fully saturated rings. The molecule has 4 rings (SSSR count). The van der Waals surface area contributed by atoms with Crippen LogP contribution in [0.5, 0.6) is 0 Å². The second-order valence-corrected chi connectivity index (χ2v) is 6.79. The van der Waals surface area contributed by atoms with Gasteiger partial charge in [0.15, 0.2) is 5.76 Å². The molecule has 0 unspecified atom stereocenters. The van der Waals surface area contributed by atoms with Gasteiger partial charge in [-0.25, -0.2) is 0 Å². The average molecular weight is 351 g/mol. The maximum absolute atomic E-state index is 12.8. The van der Waals surface area contributed by atoms with Crippen LogP contribution in [0.2, 0.25) is 0 Å². The molecular formula is C20H21N3O3. The Morgan fingerprint density at radius 2 is 2.19 bits per heavy atom. The number of fused-ring (bicyclic) bond motifs is 1. The first-order chi connectivity index (χ1) is 12.7. The summed E-state index contributed by atoms with van der Waals surface area (Å²) >= 11 is 0. The van der Waals surface area contributed by atoms with Crippen LogP contribution < -0.4 is 0 Å². The van der Waals surface area contributed by atoms with Gasteiger partial charge in [0.25, 0.3) is 5.91 Å². The zero-order valence-corrected chi connectivity index (χ0v) is 14.5. The molecule has 2 atom stereocenters. The molecule has 0 bridgehead atoms. The fraction of sp³-hybridized carbons (Fsp3) is 0.400. The molecule has 1 aromatic carbocycles. The summed E-state index contributed by atoms with van der Waals surface area (Å²) < 4.78 is 11.2. The largest absolute Gasteiger partial charge is 0.459 e. The number of amides is 1. The molecule has 2 aliphatic rings. The monoisotopic (exact) mass is 351 g/mol. The Bertz CT molecular complexity index is 812. The van der Waals surface area contributed by atoms with Gasteiger partial charge >= 0.3 is 0 Å². The number of hydrogen-bond donors (Lipinski definition) is 0. The van der Waals surface area contributed by atoms with Crippen molar-refractivity contribution in [3.05, 3.63) is 59.5 Å². The number of nitrogens with zero attached hydrogens (tertiary/aromatic N) is 3. The summed E-state index contributed by atoms with van der Waals surface area (Å²) in [6.07, 6.45) is 2.50. The lowest BCUT2D eigenvalue weighted by atomic mass is 9.97. The quantitative estimate of drug-likeness (QED) is 0.848. The first-order valence-corrected chi connectivity index (χ1v) is 8.92. The van der Waals surface area contributed by atoms with Gasteiger partial charge in [0.1, 0.15) is 0 Å². The standard InChI is InChI=1S/C20H21N3O3/c21-12-15-3-1-4-16(11-15)13-22-7-6-18-17(14-22)23(8-10-26-18)20(24)19-5-2-9-25-19/h1-5,9,11,17-18H,6-8,10,13-14H2/t17-,18-/m1/s1. The lowest BCUT2D eigenvalue weighted by Crippen LogP contribution is -2.61. The van der Waals surface area contributed by atoms with Gasteiger partial charge in [-0.3, -0.25) is 9.69 Å². The molecule has 0 spiro atoms. The Balaban J connectivity index is 1.48. The van der Waals surface area contributed by atoms with Crippen molar-refractivity contribution in [1.82, 2.24) is 9.80 Å². The number of likely N-dealkylation sites (tertiary alicyclic amines) is 1. The molecule has 1 amide bonds. The predicted octanol–water partition coefficient (Wildman–Crippen LogP) is 2.27. The van der Waals surface area contributed by atoms with Crippen LogP contribution in [-0.4, -0.2) is 54.1 Å². The number of morpholine rings is 1. The van der Waals surface area contributed by atoms with Crippen molar-refractivity contribution in [2.75, 3.05) is 26.2 Å². The highest BCUT2D eigenvalue weighted by Crippen LogP contribution is 2.26. The van der Waals surface area contributed by atoms with Gasteiger partial charge in [-0.15, -0.1) is 0 Å². The number of nitriles is 1. The molecule has 0 radical (unpaired) electrons. The third-order valence-electron chi connectivity index (χ3n) is 5.12. The number of piperidine rings is 1. The molecule has 0 aliphatic carbocycles. The molecule has 2 saturated heterocycles. The highest BCUT2D eigenvalue weighted by molar-refractivity contribution is 5.91. The number of rotatable bonds is 3. The number of benzene rings is 1. The van der Waals surface area contributed by atoms with E-state index in [0.717, 1.165) is 31.6 Å². The van der Waals surface area contributed by atoms with Crippen molar-refractivity contribution in [2.45, 2.75) is 25.1 Å². The van der Waals surface area contributed by atoms with E-state index < -0.39 is 0 Å². The lowest BCUT2D eigenvalue weighted by Gasteiger charge is -2.46. The van der Waals surface area contributed by atoms with E-state index in [9.17, 15) is 4.79 Å². The average Bonchev–Trinajstić information content (AvgIpc) is 3.22. The van der Waals surface area contributed by atoms with Gasteiger partial charge in [0, 0.05) is 26.2 Å². The van der Waals surface area contributed by atoms with Gasteiger partial charge in [0.05, 0.1) is 36.6 Å². The third kappa shape index (κ3) is 3.36. The molecule has 6 heteroatoms. The molecular weight excluding hydrogens is 330 g/mol. The SMILES string of the molecule is N#Cc1cccc(CN2CC[C@H]3OCCN(C(=O)c4ccco4)[C@@H]3C2)c1. The van der Waals surface area contributed by atoms with Crippen LogP contribution in [0.25, 0.3) is 0 Å². The first-order valence-electron chi connectivity index (χ1n) is 8.92. The van der Waals surface area contributed by atoms with E-state index in [1.807, 2.05) is 29.2 Å². The Kier molecular flexibility index (Phi) is 4.74. The van der Waals surface area contributed by atoms with E-state index in [1.165, 1.54) is 6.26 Å². The third-order valence-corrected chi connectivity index (χ3v) is 5.12. The van der Waals surface area contributed by atoms with E-state index in [-0.39, 0.29) is 18.1 Å². The maximum Gasteiger partial charge on any atom is 0.290 e. The number of carbonyl (C=O) groups excluding carboxylic acids is 1. The minimum absolute atomic E-state index is 0.0225. The van der Waals surface area contributed by atoms with Crippen molar-refractivity contribution < 1.29 is 13.9 Å². The predicted molar refractivity (Wildman–Crippen MR) is 94.3 cm³/mol. The van der Waals surface area contributed by atoms with E-state index in [1.54, 1.807) is 12.1 Å². The second kappa shape index (κ2) is 7.32. The summed E-state index contributed by atoms with van der Waals surface area (Å²) in [4.78, 5) is 17.0. The van der Waals surface area contributed by atoms with Gasteiger partial charge < -0.3 is 14.1 Å². The highest BCUT2D eigenvalue weighted by Gasteiger charge is 2.40. The Hall–Kier alpha value is -2.62. The van der Waals surface area contributed by atoms with Gasteiger partial charge in [0.2, 0.25) is 0 Å². The molecule has 0 N–H and O–H groups in total. The van der Waals surface area contributed by atoms with Crippen LogP contribution in [-0.2, 0) is 11.3 Å². The number of furan rings is 1. The fourth-order valence-electron chi connectivity index (χ4n) is 3.87. The van der Waals surface area contributed by atoms with Crippen molar-refractivity contribution in [2.24, 2.45) is 0 Å².